The average molecular weight is 444 g/mol. The Morgan fingerprint density at radius 3 is 2.55 bits per heavy atom. The molecule has 1 aromatic carbocycles. The molecule has 2 aromatic rings. The van der Waals surface area contributed by atoms with Gasteiger partial charge in [0.1, 0.15) is 17.5 Å². The van der Waals surface area contributed by atoms with Gasteiger partial charge in [-0.25, -0.2) is 27.2 Å². The Kier molecular flexibility index (Phi) is 5.48. The number of hydrogen-bond acceptors (Lipinski definition) is 6. The molecule has 0 aliphatic carbocycles. The van der Waals surface area contributed by atoms with Crippen molar-refractivity contribution in [3.05, 3.63) is 40.0 Å². The molecule has 3 heterocycles. The number of benzene rings is 1. The number of aromatic nitrogens is 2. The Morgan fingerprint density at radius 2 is 1.86 bits per heavy atom. The molecule has 4 rings (SSSR count). The number of fused-ring (bicyclic) bond motifs is 1. The fraction of sp³-hybridized carbons (Fsp3) is 0.474. The van der Waals surface area contributed by atoms with Crippen LogP contribution in [0.2, 0.25) is 5.02 Å². The van der Waals surface area contributed by atoms with Crippen molar-refractivity contribution in [3.8, 4) is 11.4 Å². The number of nitrogens with zero attached hydrogens (tertiary/aromatic N) is 3. The first-order valence-corrected chi connectivity index (χ1v) is 11.6. The molecule has 0 atom stereocenters. The Balaban J connectivity index is 1.77. The topological polar surface area (TPSA) is 83.4 Å². The van der Waals surface area contributed by atoms with Crippen LogP contribution in [0.25, 0.3) is 11.4 Å². The molecule has 1 N–H and O–H groups in total. The Morgan fingerprint density at radius 1 is 1.14 bits per heavy atom. The van der Waals surface area contributed by atoms with E-state index in [0.717, 1.165) is 31.4 Å². The van der Waals surface area contributed by atoms with E-state index in [1.165, 1.54) is 0 Å². The average Bonchev–Trinajstić information content (AvgIpc) is 2.98. The number of halogens is 3. The fourth-order valence-corrected chi connectivity index (χ4v) is 5.60. The van der Waals surface area contributed by atoms with Crippen molar-refractivity contribution in [1.29, 1.82) is 0 Å². The summed E-state index contributed by atoms with van der Waals surface area (Å²) in [4.78, 5) is 10.7. The van der Waals surface area contributed by atoms with E-state index in [2.05, 4.69) is 9.97 Å². The third-order valence-corrected chi connectivity index (χ3v) is 7.23. The summed E-state index contributed by atoms with van der Waals surface area (Å²) >= 11 is 5.64. The van der Waals surface area contributed by atoms with Crippen molar-refractivity contribution in [3.63, 3.8) is 0 Å². The molecule has 0 unspecified atom stereocenters. The summed E-state index contributed by atoms with van der Waals surface area (Å²) in [6.45, 7) is 1.42. The number of piperidine rings is 1. The molecular formula is C19H20ClF2N3O3S. The second-order valence-corrected chi connectivity index (χ2v) is 9.99. The predicted octanol–water partition coefficient (Wildman–Crippen LogP) is 3.10. The second kappa shape index (κ2) is 7.77. The van der Waals surface area contributed by atoms with Gasteiger partial charge in [0.2, 0.25) is 0 Å². The maximum atomic E-state index is 14.4. The molecule has 1 saturated heterocycles. The Hall–Kier alpha value is -1.84. The largest absolute Gasteiger partial charge is 0.396 e. The standard InChI is InChI=1S/C19H20ClF2N3O3S/c20-14-8-15(21)12(7-16(14)22)18-23-17-10-29(27,28)9-13(17)19(24-18)25-4-1-11(2-5-25)3-6-26/h7-8,11,26H,1-6,9-10H2. The Bertz CT molecular complexity index is 1060. The lowest BCUT2D eigenvalue weighted by Crippen LogP contribution is -2.35. The van der Waals surface area contributed by atoms with E-state index in [0.29, 0.717) is 36.1 Å². The minimum atomic E-state index is -3.36. The molecule has 2 aliphatic heterocycles. The highest BCUT2D eigenvalue weighted by Gasteiger charge is 2.33. The second-order valence-electron chi connectivity index (χ2n) is 7.52. The third kappa shape index (κ3) is 4.08. The number of anilines is 1. The molecule has 0 spiro atoms. The molecule has 0 bridgehead atoms. The van der Waals surface area contributed by atoms with Gasteiger partial charge in [-0.15, -0.1) is 0 Å². The van der Waals surface area contributed by atoms with Gasteiger partial charge in [0.05, 0.1) is 27.8 Å². The molecule has 29 heavy (non-hydrogen) atoms. The molecule has 2 aliphatic rings. The van der Waals surface area contributed by atoms with E-state index in [4.69, 9.17) is 16.7 Å². The van der Waals surface area contributed by atoms with Crippen molar-refractivity contribution in [2.24, 2.45) is 5.92 Å². The van der Waals surface area contributed by atoms with Crippen molar-refractivity contribution >= 4 is 27.3 Å². The van der Waals surface area contributed by atoms with Crippen LogP contribution in [-0.2, 0) is 21.3 Å². The van der Waals surface area contributed by atoms with Crippen molar-refractivity contribution in [2.75, 3.05) is 24.6 Å². The van der Waals surface area contributed by atoms with Crippen LogP contribution in [0.4, 0.5) is 14.6 Å². The van der Waals surface area contributed by atoms with Crippen LogP contribution < -0.4 is 4.90 Å². The van der Waals surface area contributed by atoms with E-state index in [1.54, 1.807) is 0 Å². The van der Waals surface area contributed by atoms with E-state index in [1.807, 2.05) is 4.90 Å². The first kappa shape index (κ1) is 20.4. The van der Waals surface area contributed by atoms with Gasteiger partial charge in [0.15, 0.2) is 15.7 Å². The lowest BCUT2D eigenvalue weighted by Gasteiger charge is -2.33. The van der Waals surface area contributed by atoms with Gasteiger partial charge in [0, 0.05) is 25.3 Å². The van der Waals surface area contributed by atoms with Crippen LogP contribution >= 0.6 is 11.6 Å². The molecule has 0 amide bonds. The monoisotopic (exact) mass is 443 g/mol. The van der Waals surface area contributed by atoms with Gasteiger partial charge in [-0.2, -0.15) is 0 Å². The number of sulfone groups is 1. The van der Waals surface area contributed by atoms with Crippen LogP contribution in [-0.4, -0.2) is 43.2 Å². The molecule has 1 aromatic heterocycles. The zero-order valence-corrected chi connectivity index (χ0v) is 17.1. The van der Waals surface area contributed by atoms with Crippen LogP contribution in [0.15, 0.2) is 12.1 Å². The highest BCUT2D eigenvalue weighted by Crippen LogP contribution is 2.36. The van der Waals surface area contributed by atoms with Crippen LogP contribution in [0, 0.1) is 17.6 Å². The van der Waals surface area contributed by atoms with Gasteiger partial charge in [-0.1, -0.05) is 11.6 Å². The molecule has 1 fully saturated rings. The third-order valence-electron chi connectivity index (χ3n) is 5.49. The minimum absolute atomic E-state index is 0.0543. The van der Waals surface area contributed by atoms with Gasteiger partial charge in [-0.05, 0) is 37.3 Å². The zero-order chi connectivity index (χ0) is 20.8. The Labute approximate surface area is 172 Å². The molecule has 6 nitrogen and oxygen atoms in total. The van der Waals surface area contributed by atoms with Gasteiger partial charge >= 0.3 is 0 Å². The highest BCUT2D eigenvalue weighted by atomic mass is 35.5. The smallest absolute Gasteiger partial charge is 0.164 e. The van der Waals surface area contributed by atoms with Crippen molar-refractivity contribution < 1.29 is 22.3 Å². The maximum Gasteiger partial charge on any atom is 0.164 e. The van der Waals surface area contributed by atoms with E-state index in [9.17, 15) is 17.2 Å². The maximum absolute atomic E-state index is 14.4. The normalized spacial score (nSPS) is 18.8. The molecule has 0 radical (unpaired) electrons. The van der Waals surface area contributed by atoms with Crippen LogP contribution in [0.1, 0.15) is 30.5 Å². The summed E-state index contributed by atoms with van der Waals surface area (Å²) < 4.78 is 52.8. The van der Waals surface area contributed by atoms with Crippen LogP contribution in [0.5, 0.6) is 0 Å². The lowest BCUT2D eigenvalue weighted by atomic mass is 9.94. The first-order chi connectivity index (χ1) is 13.8. The van der Waals surface area contributed by atoms with Gasteiger partial charge < -0.3 is 10.0 Å². The van der Waals surface area contributed by atoms with Crippen molar-refractivity contribution in [1.82, 2.24) is 9.97 Å². The number of rotatable bonds is 4. The highest BCUT2D eigenvalue weighted by molar-refractivity contribution is 7.90. The number of hydrogen-bond donors (Lipinski definition) is 1. The summed E-state index contributed by atoms with van der Waals surface area (Å²) in [6.07, 6.45) is 2.40. The van der Waals surface area contributed by atoms with Gasteiger partial charge in [0.25, 0.3) is 0 Å². The molecule has 10 heteroatoms. The van der Waals surface area contributed by atoms with Crippen LogP contribution in [0.3, 0.4) is 0 Å². The quantitative estimate of drug-likeness (QED) is 0.731. The molecule has 156 valence electrons. The summed E-state index contributed by atoms with van der Waals surface area (Å²) in [5.41, 5.74) is 0.705. The van der Waals surface area contributed by atoms with E-state index in [-0.39, 0.29) is 34.5 Å². The lowest BCUT2D eigenvalue weighted by molar-refractivity contribution is 0.240. The van der Waals surface area contributed by atoms with Gasteiger partial charge in [-0.3, -0.25) is 0 Å². The van der Waals surface area contributed by atoms with Crippen molar-refractivity contribution in [2.45, 2.75) is 30.8 Å². The zero-order valence-electron chi connectivity index (χ0n) is 15.5. The van der Waals surface area contributed by atoms with E-state index >= 15 is 0 Å². The number of aliphatic hydroxyl groups is 1. The SMILES string of the molecule is O=S1(=O)Cc2nc(-c3cc(F)c(Cl)cc3F)nc(N3CCC(CCO)CC3)c2C1. The minimum Gasteiger partial charge on any atom is -0.396 e. The molecule has 0 saturated carbocycles. The molecular weight excluding hydrogens is 424 g/mol. The first-order valence-electron chi connectivity index (χ1n) is 9.38. The predicted molar refractivity (Wildman–Crippen MR) is 105 cm³/mol. The summed E-state index contributed by atoms with van der Waals surface area (Å²) in [5.74, 6) is -1.17. The van der Waals surface area contributed by atoms with E-state index < -0.39 is 21.5 Å². The summed E-state index contributed by atoms with van der Waals surface area (Å²) in [6, 6.07) is 1.79. The summed E-state index contributed by atoms with van der Waals surface area (Å²) in [5, 5.41) is 8.79. The summed E-state index contributed by atoms with van der Waals surface area (Å²) in [7, 11) is -3.36. The fourth-order valence-electron chi connectivity index (χ4n) is 3.96. The number of aliphatic hydroxyl groups excluding tert-OH is 1.